The molecule has 1 aromatic heterocycles. The summed E-state index contributed by atoms with van der Waals surface area (Å²) in [7, 11) is 1.71. The fourth-order valence-corrected chi connectivity index (χ4v) is 2.21. The maximum Gasteiger partial charge on any atom is 0.204 e. The molecule has 0 atom stereocenters. The normalized spacial score (nSPS) is 10.8. The Morgan fingerprint density at radius 2 is 2.50 bits per heavy atom. The largest absolute Gasteiger partial charge is 0.359 e. The number of hydrogen-bond donors (Lipinski definition) is 2. The average Bonchev–Trinajstić information content (AvgIpc) is 2.39. The van der Waals surface area contributed by atoms with Crippen molar-refractivity contribution < 1.29 is 0 Å². The average molecular weight is 284 g/mol. The van der Waals surface area contributed by atoms with Crippen LogP contribution in [0.5, 0.6) is 0 Å². The van der Waals surface area contributed by atoms with Crippen LogP contribution in [0.1, 0.15) is 5.69 Å². The van der Waals surface area contributed by atoms with Gasteiger partial charge in [-0.25, -0.2) is 0 Å². The predicted octanol–water partition coefficient (Wildman–Crippen LogP) is 1.61. The van der Waals surface area contributed by atoms with E-state index in [-0.39, 0.29) is 0 Å². The van der Waals surface area contributed by atoms with Gasteiger partial charge in [-0.3, -0.25) is 15.3 Å². The van der Waals surface area contributed by atoms with Crippen molar-refractivity contribution in [1.29, 1.82) is 5.26 Å². The van der Waals surface area contributed by atoms with Crippen LogP contribution in [0.15, 0.2) is 23.3 Å². The van der Waals surface area contributed by atoms with E-state index in [4.69, 9.17) is 16.9 Å². The first-order chi connectivity index (χ1) is 8.77. The third-order valence-electron chi connectivity index (χ3n) is 1.99. The van der Waals surface area contributed by atoms with Gasteiger partial charge in [-0.1, -0.05) is 11.6 Å². The minimum Gasteiger partial charge on any atom is -0.359 e. The van der Waals surface area contributed by atoms with E-state index < -0.39 is 0 Å². The lowest BCUT2D eigenvalue weighted by Crippen LogP contribution is -2.31. The van der Waals surface area contributed by atoms with Gasteiger partial charge in [0, 0.05) is 24.8 Å². The van der Waals surface area contributed by atoms with Gasteiger partial charge in [-0.05, 0) is 12.1 Å². The molecule has 1 rings (SSSR count). The molecule has 0 saturated heterocycles. The Morgan fingerprint density at radius 3 is 3.17 bits per heavy atom. The lowest BCUT2D eigenvalue weighted by molar-refractivity contribution is 1.01. The van der Waals surface area contributed by atoms with Gasteiger partial charge in [-0.15, -0.1) is 0 Å². The number of hydrogen-bond acceptors (Lipinski definition) is 4. The molecule has 0 aliphatic rings. The molecular weight excluding hydrogens is 270 g/mol. The summed E-state index contributed by atoms with van der Waals surface area (Å²) in [4.78, 5) is 8.38. The Balaban J connectivity index is 2.27. The number of thioether (sulfide) groups is 1. The smallest absolute Gasteiger partial charge is 0.204 e. The molecule has 1 aromatic rings. The van der Waals surface area contributed by atoms with Gasteiger partial charge in [0.05, 0.1) is 17.3 Å². The van der Waals surface area contributed by atoms with E-state index in [1.165, 1.54) is 0 Å². The van der Waals surface area contributed by atoms with E-state index in [2.05, 4.69) is 20.6 Å². The highest BCUT2D eigenvalue weighted by atomic mass is 35.5. The molecule has 18 heavy (non-hydrogen) atoms. The molecule has 0 spiro atoms. The Labute approximate surface area is 116 Å². The van der Waals surface area contributed by atoms with Gasteiger partial charge in [0.1, 0.15) is 0 Å². The second-order valence-electron chi connectivity index (χ2n) is 3.20. The first kappa shape index (κ1) is 14.6. The summed E-state index contributed by atoms with van der Waals surface area (Å²) in [5.41, 5.74) is 0.886. The summed E-state index contributed by atoms with van der Waals surface area (Å²) in [6, 6.07) is 3.64. The molecule has 0 aromatic carbocycles. The molecule has 0 unspecified atom stereocenters. The Hall–Kier alpha value is -1.45. The van der Waals surface area contributed by atoms with Crippen molar-refractivity contribution in [2.45, 2.75) is 5.75 Å². The fraction of sp³-hybridized carbons (Fsp3) is 0.364. The molecule has 5 nitrogen and oxygen atoms in total. The van der Waals surface area contributed by atoms with Crippen LogP contribution in [0.2, 0.25) is 5.02 Å². The zero-order valence-electron chi connectivity index (χ0n) is 9.98. The number of nitrogens with one attached hydrogen (secondary N) is 2. The van der Waals surface area contributed by atoms with Crippen molar-refractivity contribution in [1.82, 2.24) is 15.6 Å². The van der Waals surface area contributed by atoms with Gasteiger partial charge in [0.2, 0.25) is 5.96 Å². The maximum atomic E-state index is 8.44. The summed E-state index contributed by atoms with van der Waals surface area (Å²) in [6.45, 7) is 0.625. The summed E-state index contributed by atoms with van der Waals surface area (Å²) >= 11 is 7.69. The van der Waals surface area contributed by atoms with Crippen molar-refractivity contribution in [3.8, 4) is 6.19 Å². The monoisotopic (exact) mass is 283 g/mol. The minimum absolute atomic E-state index is 0.481. The first-order valence-electron chi connectivity index (χ1n) is 5.32. The third kappa shape index (κ3) is 5.25. The van der Waals surface area contributed by atoms with E-state index in [1.807, 2.05) is 18.3 Å². The number of pyridine rings is 1. The van der Waals surface area contributed by atoms with Gasteiger partial charge in [0.15, 0.2) is 6.19 Å². The Morgan fingerprint density at radius 1 is 1.67 bits per heavy atom. The van der Waals surface area contributed by atoms with Crippen LogP contribution < -0.4 is 10.6 Å². The van der Waals surface area contributed by atoms with Gasteiger partial charge < -0.3 is 5.32 Å². The van der Waals surface area contributed by atoms with E-state index in [0.29, 0.717) is 17.5 Å². The van der Waals surface area contributed by atoms with Crippen LogP contribution in [0.3, 0.4) is 0 Å². The SMILES string of the molecule is CN/C(=N/CCSCc1ncccc1Cl)NC#N. The minimum atomic E-state index is 0.481. The van der Waals surface area contributed by atoms with Crippen molar-refractivity contribution in [2.24, 2.45) is 4.99 Å². The molecule has 0 saturated carbocycles. The van der Waals surface area contributed by atoms with Crippen LogP contribution in [-0.4, -0.2) is 30.3 Å². The molecule has 7 heteroatoms. The number of aliphatic imine (C=N–C) groups is 1. The molecule has 0 bridgehead atoms. The first-order valence-corrected chi connectivity index (χ1v) is 6.85. The van der Waals surface area contributed by atoms with Crippen LogP contribution in [-0.2, 0) is 5.75 Å². The summed E-state index contributed by atoms with van der Waals surface area (Å²) in [5.74, 6) is 2.08. The zero-order chi connectivity index (χ0) is 13.2. The van der Waals surface area contributed by atoms with E-state index in [0.717, 1.165) is 17.2 Å². The molecular formula is C11H14ClN5S. The number of rotatable bonds is 5. The zero-order valence-corrected chi connectivity index (χ0v) is 11.6. The molecule has 0 radical (unpaired) electrons. The molecule has 0 aliphatic heterocycles. The fourth-order valence-electron chi connectivity index (χ4n) is 1.15. The third-order valence-corrected chi connectivity index (χ3v) is 3.28. The maximum absolute atomic E-state index is 8.44. The van der Waals surface area contributed by atoms with Crippen molar-refractivity contribution >= 4 is 29.3 Å². The number of nitriles is 1. The Bertz CT molecular complexity index is 443. The van der Waals surface area contributed by atoms with Crippen LogP contribution in [0, 0.1) is 11.5 Å². The summed E-state index contributed by atoms with van der Waals surface area (Å²) in [6.07, 6.45) is 3.55. The number of nitrogens with zero attached hydrogens (tertiary/aromatic N) is 3. The van der Waals surface area contributed by atoms with E-state index in [9.17, 15) is 0 Å². The molecule has 2 N–H and O–H groups in total. The van der Waals surface area contributed by atoms with Crippen molar-refractivity contribution in [3.63, 3.8) is 0 Å². The molecule has 1 heterocycles. The highest BCUT2D eigenvalue weighted by Gasteiger charge is 2.00. The summed E-state index contributed by atoms with van der Waals surface area (Å²) < 4.78 is 0. The standard InChI is InChI=1S/C11H14ClN5S/c1-14-11(17-8-13)16-5-6-18-7-10-9(12)3-2-4-15-10/h2-4H,5-7H2,1H3,(H2,14,16,17). The second kappa shape index (κ2) is 8.61. The second-order valence-corrected chi connectivity index (χ2v) is 4.71. The van der Waals surface area contributed by atoms with Crippen LogP contribution in [0.4, 0.5) is 0 Å². The topological polar surface area (TPSA) is 73.1 Å². The number of aromatic nitrogens is 1. The van der Waals surface area contributed by atoms with Gasteiger partial charge in [-0.2, -0.15) is 17.0 Å². The lowest BCUT2D eigenvalue weighted by atomic mass is 10.4. The predicted molar refractivity (Wildman–Crippen MR) is 75.5 cm³/mol. The molecule has 0 aliphatic carbocycles. The highest BCUT2D eigenvalue weighted by molar-refractivity contribution is 7.98. The van der Waals surface area contributed by atoms with E-state index >= 15 is 0 Å². The Kier molecular flexibility index (Phi) is 6.99. The number of halogens is 1. The van der Waals surface area contributed by atoms with Crippen molar-refractivity contribution in [2.75, 3.05) is 19.3 Å². The highest BCUT2D eigenvalue weighted by Crippen LogP contribution is 2.18. The van der Waals surface area contributed by atoms with Crippen LogP contribution in [0.25, 0.3) is 0 Å². The number of guanidine groups is 1. The van der Waals surface area contributed by atoms with Crippen LogP contribution >= 0.6 is 23.4 Å². The van der Waals surface area contributed by atoms with E-state index in [1.54, 1.807) is 25.0 Å². The molecule has 96 valence electrons. The summed E-state index contributed by atoms with van der Waals surface area (Å²) in [5, 5.41) is 14.4. The van der Waals surface area contributed by atoms with Gasteiger partial charge in [0.25, 0.3) is 0 Å². The quantitative estimate of drug-likeness (QED) is 0.282. The van der Waals surface area contributed by atoms with Crippen molar-refractivity contribution in [3.05, 3.63) is 29.0 Å². The molecule has 0 amide bonds. The molecule has 0 fully saturated rings. The lowest BCUT2D eigenvalue weighted by Gasteiger charge is -2.03. The van der Waals surface area contributed by atoms with Gasteiger partial charge >= 0.3 is 0 Å².